The number of benzene rings is 2. The van der Waals surface area contributed by atoms with Gasteiger partial charge >= 0.3 is 0 Å². The lowest BCUT2D eigenvalue weighted by Crippen LogP contribution is -2.49. The van der Waals surface area contributed by atoms with Crippen LogP contribution in [0.4, 0.5) is 10.1 Å². The maximum absolute atomic E-state index is 14.3. The van der Waals surface area contributed by atoms with Gasteiger partial charge in [0, 0.05) is 25.6 Å². The number of nitrogens with one attached hydrogen (secondary N) is 1. The molecule has 2 rings (SSSR count). The average Bonchev–Trinajstić information content (AvgIpc) is 2.79. The number of halogens is 1. The Morgan fingerprint density at radius 1 is 1.09 bits per heavy atom. The number of amides is 2. The Kier molecular flexibility index (Phi) is 10.2. The molecule has 2 aromatic carbocycles. The second-order valence-corrected chi connectivity index (χ2v) is 10.8. The van der Waals surface area contributed by atoms with Crippen molar-refractivity contribution in [3.63, 3.8) is 0 Å². The van der Waals surface area contributed by atoms with Gasteiger partial charge in [0.1, 0.15) is 11.9 Å². The summed E-state index contributed by atoms with van der Waals surface area (Å²) in [7, 11) is -3.75. The first-order chi connectivity index (χ1) is 16.4. The molecule has 9 heteroatoms. The highest BCUT2D eigenvalue weighted by molar-refractivity contribution is 7.92. The van der Waals surface area contributed by atoms with Crippen molar-refractivity contribution in [1.29, 1.82) is 0 Å². The Bertz CT molecular complexity index is 1120. The Labute approximate surface area is 208 Å². The van der Waals surface area contributed by atoms with E-state index in [1.807, 2.05) is 45.0 Å². The molecule has 0 saturated heterocycles. The van der Waals surface area contributed by atoms with Crippen LogP contribution in [0.1, 0.15) is 51.2 Å². The van der Waals surface area contributed by atoms with Gasteiger partial charge in [-0.1, -0.05) is 48.9 Å². The van der Waals surface area contributed by atoms with Gasteiger partial charge in [-0.3, -0.25) is 13.9 Å². The molecule has 0 bridgehead atoms. The van der Waals surface area contributed by atoms with Crippen molar-refractivity contribution in [2.45, 2.75) is 65.6 Å². The summed E-state index contributed by atoms with van der Waals surface area (Å²) in [5.41, 5.74) is 1.88. The lowest BCUT2D eigenvalue weighted by atomic mass is 10.1. The van der Waals surface area contributed by atoms with Crippen molar-refractivity contribution in [3.8, 4) is 0 Å². The van der Waals surface area contributed by atoms with Gasteiger partial charge in [0.05, 0.1) is 11.9 Å². The zero-order valence-electron chi connectivity index (χ0n) is 21.1. The first-order valence-electron chi connectivity index (χ1n) is 11.8. The van der Waals surface area contributed by atoms with Crippen molar-refractivity contribution in [1.82, 2.24) is 10.2 Å². The van der Waals surface area contributed by atoms with Crippen LogP contribution in [-0.4, -0.2) is 50.0 Å². The summed E-state index contributed by atoms with van der Waals surface area (Å²) < 4.78 is 39.8. The number of hydrogen-bond donors (Lipinski definition) is 1. The maximum atomic E-state index is 14.3. The Hall–Kier alpha value is -2.94. The number of sulfonamides is 1. The number of para-hydroxylation sites is 1. The summed E-state index contributed by atoms with van der Waals surface area (Å²) in [6, 6.07) is 12.6. The van der Waals surface area contributed by atoms with Crippen LogP contribution in [0.15, 0.2) is 48.5 Å². The van der Waals surface area contributed by atoms with E-state index in [1.165, 1.54) is 23.1 Å². The van der Waals surface area contributed by atoms with E-state index in [9.17, 15) is 22.4 Å². The molecule has 0 fully saturated rings. The van der Waals surface area contributed by atoms with Crippen molar-refractivity contribution in [2.24, 2.45) is 0 Å². The fraction of sp³-hybridized carbons (Fsp3) is 0.462. The number of hydrogen-bond acceptors (Lipinski definition) is 4. The number of aryl methyl sites for hydroxylation is 1. The minimum atomic E-state index is -3.75. The minimum absolute atomic E-state index is 0.00718. The minimum Gasteiger partial charge on any atom is -0.352 e. The molecule has 1 N–H and O–H groups in total. The van der Waals surface area contributed by atoms with Crippen molar-refractivity contribution in [3.05, 3.63) is 65.5 Å². The summed E-state index contributed by atoms with van der Waals surface area (Å²) >= 11 is 0. The molecule has 0 radical (unpaired) electrons. The van der Waals surface area contributed by atoms with Crippen LogP contribution in [0, 0.1) is 12.7 Å². The van der Waals surface area contributed by atoms with E-state index >= 15 is 0 Å². The van der Waals surface area contributed by atoms with Gasteiger partial charge < -0.3 is 10.2 Å². The molecule has 0 spiro atoms. The summed E-state index contributed by atoms with van der Waals surface area (Å²) in [5.74, 6) is -1.18. The normalized spacial score (nSPS) is 13.1. The molecule has 35 heavy (non-hydrogen) atoms. The third kappa shape index (κ3) is 8.35. The molecular formula is C26H36FN3O4S. The van der Waals surface area contributed by atoms with Crippen molar-refractivity contribution >= 4 is 27.5 Å². The first-order valence-corrected chi connectivity index (χ1v) is 13.7. The molecule has 0 unspecified atom stereocenters. The van der Waals surface area contributed by atoms with Gasteiger partial charge in [0.25, 0.3) is 0 Å². The molecule has 0 aliphatic heterocycles. The lowest BCUT2D eigenvalue weighted by Gasteiger charge is -2.30. The molecule has 0 heterocycles. The van der Waals surface area contributed by atoms with Gasteiger partial charge in [0.15, 0.2) is 0 Å². The molecule has 192 valence electrons. The second-order valence-electron chi connectivity index (χ2n) is 8.89. The largest absolute Gasteiger partial charge is 0.352 e. The zero-order chi connectivity index (χ0) is 26.2. The quantitative estimate of drug-likeness (QED) is 0.472. The fourth-order valence-corrected chi connectivity index (χ4v) is 4.66. The van der Waals surface area contributed by atoms with Crippen LogP contribution in [-0.2, 0) is 26.2 Å². The molecule has 0 aromatic heterocycles. The molecule has 2 amide bonds. The van der Waals surface area contributed by atoms with E-state index < -0.39 is 21.9 Å². The number of rotatable bonds is 12. The number of carbonyl (C=O) groups excluding carboxylic acids is 2. The van der Waals surface area contributed by atoms with E-state index in [-0.39, 0.29) is 49.5 Å². The summed E-state index contributed by atoms with van der Waals surface area (Å²) in [4.78, 5) is 27.6. The number of nitrogens with zero attached hydrogens (tertiary/aromatic N) is 2. The van der Waals surface area contributed by atoms with Crippen molar-refractivity contribution in [2.75, 3.05) is 17.1 Å². The van der Waals surface area contributed by atoms with E-state index in [1.54, 1.807) is 13.0 Å². The van der Waals surface area contributed by atoms with Crippen molar-refractivity contribution < 1.29 is 22.4 Å². The molecule has 2 aromatic rings. The van der Waals surface area contributed by atoms with Gasteiger partial charge in [-0.25, -0.2) is 12.8 Å². The van der Waals surface area contributed by atoms with Crippen LogP contribution in [0.3, 0.4) is 0 Å². The van der Waals surface area contributed by atoms with Crippen LogP contribution < -0.4 is 9.62 Å². The standard InChI is InChI=1S/C26H36FN3O4S/c1-6-20(3)28-26(32)21(4)29(18-22-12-9-11-19(2)17-22)25(31)15-10-16-30(35(5,33)34)24-14-8-7-13-23(24)27/h7-9,11-14,17,20-21H,6,10,15-16,18H2,1-5H3,(H,28,32)/t20-,21+/m1/s1. The topological polar surface area (TPSA) is 86.8 Å². The Morgan fingerprint density at radius 2 is 1.77 bits per heavy atom. The SMILES string of the molecule is CC[C@@H](C)NC(=O)[C@H](C)N(Cc1cccc(C)c1)C(=O)CCCN(c1ccccc1F)S(C)(=O)=O. The first kappa shape index (κ1) is 28.3. The summed E-state index contributed by atoms with van der Waals surface area (Å²) in [6.07, 6.45) is 1.95. The lowest BCUT2D eigenvalue weighted by molar-refractivity contribution is -0.140. The van der Waals surface area contributed by atoms with Gasteiger partial charge in [-0.05, 0) is 51.3 Å². The zero-order valence-corrected chi connectivity index (χ0v) is 21.9. The fourth-order valence-electron chi connectivity index (χ4n) is 3.69. The van der Waals surface area contributed by atoms with Crippen LogP contribution in [0.25, 0.3) is 0 Å². The highest BCUT2D eigenvalue weighted by atomic mass is 32.2. The van der Waals surface area contributed by atoms with Crippen LogP contribution >= 0.6 is 0 Å². The van der Waals surface area contributed by atoms with Crippen LogP contribution in [0.2, 0.25) is 0 Å². The summed E-state index contributed by atoms with van der Waals surface area (Å²) in [6.45, 7) is 7.70. The molecular weight excluding hydrogens is 469 g/mol. The summed E-state index contributed by atoms with van der Waals surface area (Å²) in [5, 5.41) is 2.92. The second kappa shape index (κ2) is 12.7. The maximum Gasteiger partial charge on any atom is 0.242 e. The molecule has 0 saturated carbocycles. The number of anilines is 1. The van der Waals surface area contributed by atoms with E-state index in [0.29, 0.717) is 0 Å². The Morgan fingerprint density at radius 3 is 2.37 bits per heavy atom. The predicted octanol–water partition coefficient (Wildman–Crippen LogP) is 4.01. The highest BCUT2D eigenvalue weighted by Gasteiger charge is 2.27. The number of carbonyl (C=O) groups is 2. The van der Waals surface area contributed by atoms with E-state index in [2.05, 4.69) is 5.32 Å². The third-order valence-electron chi connectivity index (χ3n) is 5.88. The van der Waals surface area contributed by atoms with Gasteiger partial charge in [0.2, 0.25) is 21.8 Å². The van der Waals surface area contributed by atoms with Crippen LogP contribution in [0.5, 0.6) is 0 Å². The van der Waals surface area contributed by atoms with Gasteiger partial charge in [-0.15, -0.1) is 0 Å². The predicted molar refractivity (Wildman–Crippen MR) is 137 cm³/mol. The van der Waals surface area contributed by atoms with Gasteiger partial charge in [-0.2, -0.15) is 0 Å². The third-order valence-corrected chi connectivity index (χ3v) is 7.06. The highest BCUT2D eigenvalue weighted by Crippen LogP contribution is 2.22. The van der Waals surface area contributed by atoms with E-state index in [4.69, 9.17) is 0 Å². The van der Waals surface area contributed by atoms with E-state index in [0.717, 1.165) is 28.1 Å². The molecule has 7 nitrogen and oxygen atoms in total. The average molecular weight is 506 g/mol. The smallest absolute Gasteiger partial charge is 0.242 e. The molecule has 2 atom stereocenters. The molecule has 0 aliphatic rings. The monoisotopic (exact) mass is 505 g/mol. The molecule has 0 aliphatic carbocycles. The Balaban J connectivity index is 2.18.